The molecule has 4 nitrogen and oxygen atoms in total. The van der Waals surface area contributed by atoms with Crippen molar-refractivity contribution in [1.82, 2.24) is 5.32 Å². The van der Waals surface area contributed by atoms with E-state index in [-0.39, 0.29) is 0 Å². The molecule has 1 rings (SSSR count). The molecule has 1 heterocycles. The van der Waals surface area contributed by atoms with Crippen LogP contribution in [-0.4, -0.2) is 36.0 Å². The lowest BCUT2D eigenvalue weighted by molar-refractivity contribution is -0.192. The van der Waals surface area contributed by atoms with Crippen molar-refractivity contribution in [2.45, 2.75) is 6.18 Å². The molecule has 70 valence electrons. The maximum atomic E-state index is 10.6. The highest BCUT2D eigenvalue weighted by Gasteiger charge is 2.38. The number of carbonyl (C=O) groups is 2. The number of halogens is 3. The monoisotopic (exact) mass is 189 g/mol. The number of rotatable bonds is 0. The van der Waals surface area contributed by atoms with E-state index < -0.39 is 30.9 Å². The molecule has 0 aromatic heterocycles. The molecule has 0 aromatic carbocycles. The first-order chi connectivity index (χ1) is 6.81. The van der Waals surface area contributed by atoms with Crippen LogP contribution < -0.4 is 5.32 Å². The quantitative estimate of drug-likeness (QED) is 0.553. The molecule has 1 aliphatic heterocycles. The fraction of sp³-hybridized carbons (Fsp3) is 0.600. The molecular weight excluding hydrogens is 179 g/mol. The number of hydrogen-bond acceptors (Lipinski definition) is 3. The van der Waals surface area contributed by atoms with E-state index in [2.05, 4.69) is 0 Å². The number of hydrogen-bond donors (Lipinski definition) is 2. The molecule has 0 aromatic rings. The molecule has 1 saturated heterocycles. The Bertz CT molecular complexity index is 301. The summed E-state index contributed by atoms with van der Waals surface area (Å²) in [5.41, 5.74) is 0. The molecule has 0 radical (unpaired) electrons. The van der Waals surface area contributed by atoms with Gasteiger partial charge >= 0.3 is 12.1 Å². The average molecular weight is 189 g/mol. The minimum Gasteiger partial charge on any atom is -0.475 e. The Morgan fingerprint density at radius 2 is 1.92 bits per heavy atom. The Morgan fingerprint density at radius 1 is 1.58 bits per heavy atom. The second kappa shape index (κ2) is 4.05. The molecule has 1 aliphatic rings. The van der Waals surface area contributed by atoms with Gasteiger partial charge in [0, 0.05) is 0 Å². The summed E-state index contributed by atoms with van der Waals surface area (Å²) >= 11 is 0. The molecule has 0 bridgehead atoms. The number of aliphatic carboxylic acids is 1. The van der Waals surface area contributed by atoms with E-state index in [1.165, 1.54) is 0 Å². The predicted octanol–water partition coefficient (Wildman–Crippen LogP) is -0.208. The molecular formula is C5H6F3NO3. The largest absolute Gasteiger partial charge is 0.490 e. The minimum atomic E-state index is -5.08. The first kappa shape index (κ1) is 5.52. The number of carboxylic acids is 1. The van der Waals surface area contributed by atoms with Crippen LogP contribution in [0.25, 0.3) is 0 Å². The molecule has 0 aliphatic carbocycles. The van der Waals surface area contributed by atoms with Crippen molar-refractivity contribution in [3.05, 3.63) is 0 Å². The molecule has 0 saturated carbocycles. The van der Waals surface area contributed by atoms with E-state index in [4.69, 9.17) is 15.4 Å². The fourth-order valence-electron chi connectivity index (χ4n) is 0.114. The summed E-state index contributed by atoms with van der Waals surface area (Å²) in [6.45, 7) is -4.30. The van der Waals surface area contributed by atoms with E-state index >= 15 is 0 Å². The van der Waals surface area contributed by atoms with Gasteiger partial charge in [0.2, 0.25) is 0 Å². The lowest BCUT2D eigenvalue weighted by Gasteiger charge is -2.08. The lowest BCUT2D eigenvalue weighted by Crippen LogP contribution is -2.42. The summed E-state index contributed by atoms with van der Waals surface area (Å²) in [4.78, 5) is 19.3. The average Bonchev–Trinajstić information content (AvgIpc) is 2.00. The summed E-state index contributed by atoms with van der Waals surface area (Å²) in [5, 5.41) is 8.95. The van der Waals surface area contributed by atoms with Crippen molar-refractivity contribution in [2.24, 2.45) is 0 Å². The van der Waals surface area contributed by atoms with Gasteiger partial charge in [-0.25, -0.2) is 4.79 Å². The van der Waals surface area contributed by atoms with Gasteiger partial charge in [-0.3, -0.25) is 4.79 Å². The fourth-order valence-corrected chi connectivity index (χ4v) is 0.114. The molecule has 0 atom stereocenters. The smallest absolute Gasteiger partial charge is 0.475 e. The van der Waals surface area contributed by atoms with Crippen molar-refractivity contribution < 1.29 is 33.3 Å². The third-order valence-electron chi connectivity index (χ3n) is 0.595. The van der Waals surface area contributed by atoms with Gasteiger partial charge in [-0.15, -0.1) is 0 Å². The van der Waals surface area contributed by atoms with Crippen molar-refractivity contribution in [3.63, 3.8) is 0 Å². The highest BCUT2D eigenvalue weighted by molar-refractivity contribution is 5.87. The number of carbonyl (C=O) groups excluding carboxylic acids is 1. The van der Waals surface area contributed by atoms with E-state index in [0.29, 0.717) is 0 Å². The van der Waals surface area contributed by atoms with Crippen molar-refractivity contribution in [2.75, 3.05) is 13.0 Å². The highest BCUT2D eigenvalue weighted by Crippen LogP contribution is 2.13. The Balaban J connectivity index is 0.000000293. The summed E-state index contributed by atoms with van der Waals surface area (Å²) < 4.78 is 58.5. The Morgan fingerprint density at radius 3 is 1.92 bits per heavy atom. The summed E-state index contributed by atoms with van der Waals surface area (Å²) in [5.74, 6) is -3.79. The van der Waals surface area contributed by atoms with Crippen LogP contribution in [0.4, 0.5) is 13.2 Å². The second-order valence-corrected chi connectivity index (χ2v) is 1.51. The van der Waals surface area contributed by atoms with Crippen LogP contribution in [0.1, 0.15) is 5.48 Å². The van der Waals surface area contributed by atoms with Crippen LogP contribution in [0, 0.1) is 0 Å². The Kier molecular flexibility index (Phi) is 1.86. The molecule has 7 heteroatoms. The zero-order valence-corrected chi connectivity index (χ0v) is 5.40. The zero-order chi connectivity index (χ0) is 13.4. The van der Waals surface area contributed by atoms with Gasteiger partial charge in [-0.05, 0) is 0 Å². The van der Waals surface area contributed by atoms with Gasteiger partial charge in [-0.1, -0.05) is 0 Å². The van der Waals surface area contributed by atoms with Crippen molar-refractivity contribution in [1.29, 1.82) is 0 Å². The molecule has 2 N–H and O–H groups in total. The van der Waals surface area contributed by atoms with Crippen LogP contribution in [0.3, 0.4) is 0 Å². The molecule has 0 spiro atoms. The predicted molar refractivity (Wildman–Crippen MR) is 31.6 cm³/mol. The first-order valence-electron chi connectivity index (χ1n) is 4.45. The summed E-state index contributed by atoms with van der Waals surface area (Å²) in [7, 11) is 0. The Labute approximate surface area is 71.0 Å². The molecule has 1 fully saturated rings. The number of ketones is 1. The van der Waals surface area contributed by atoms with Crippen LogP contribution in [0.15, 0.2) is 0 Å². The number of carboxylic acid groups (broad SMARTS) is 1. The standard InChI is InChI=1S/C3H5NO.C2HF3O2/c5-3-1-4-2-3;3-2(4,5)1(6)7/h4H,1-2H2;(H,6,7)/i1D2,2D2;. The number of nitrogens with one attached hydrogen (secondary N) is 1. The highest BCUT2D eigenvalue weighted by atomic mass is 19.4. The normalized spacial score (nSPS) is 29.1. The van der Waals surface area contributed by atoms with Gasteiger partial charge in [0.15, 0.2) is 5.78 Å². The minimum absolute atomic E-state index is 1.03. The third-order valence-corrected chi connectivity index (χ3v) is 0.595. The van der Waals surface area contributed by atoms with Crippen LogP contribution >= 0.6 is 0 Å². The topological polar surface area (TPSA) is 66.4 Å². The van der Waals surface area contributed by atoms with Crippen molar-refractivity contribution >= 4 is 11.8 Å². The van der Waals surface area contributed by atoms with Crippen LogP contribution in [-0.2, 0) is 9.59 Å². The van der Waals surface area contributed by atoms with Crippen molar-refractivity contribution in [3.8, 4) is 0 Å². The third kappa shape index (κ3) is 4.67. The van der Waals surface area contributed by atoms with Crippen LogP contribution in [0.2, 0.25) is 0 Å². The first-order valence-corrected chi connectivity index (χ1v) is 2.45. The van der Waals surface area contributed by atoms with E-state index in [1.54, 1.807) is 0 Å². The van der Waals surface area contributed by atoms with E-state index in [0.717, 1.165) is 0 Å². The maximum absolute atomic E-state index is 10.6. The lowest BCUT2D eigenvalue weighted by atomic mass is 10.3. The van der Waals surface area contributed by atoms with E-state index in [9.17, 15) is 18.0 Å². The molecule has 12 heavy (non-hydrogen) atoms. The number of alkyl halides is 3. The van der Waals surface area contributed by atoms with Gasteiger partial charge in [-0.2, -0.15) is 13.2 Å². The zero-order valence-electron chi connectivity index (χ0n) is 9.40. The van der Waals surface area contributed by atoms with Gasteiger partial charge in [0.1, 0.15) is 0 Å². The SMILES string of the molecule is O=C(O)C(F)(F)F.[2H]C1([2H])NC([2H])([2H])C1=O. The number of Topliss-reactive ketones (excluding diaryl/α,β-unsaturated/α-hetero) is 1. The maximum Gasteiger partial charge on any atom is 0.490 e. The summed E-state index contributed by atoms with van der Waals surface area (Å²) in [6.07, 6.45) is -5.08. The van der Waals surface area contributed by atoms with Gasteiger partial charge in [0.05, 0.1) is 18.5 Å². The molecule has 0 amide bonds. The van der Waals surface area contributed by atoms with Gasteiger partial charge in [0.25, 0.3) is 0 Å². The summed E-state index contributed by atoms with van der Waals surface area (Å²) in [6, 6.07) is 0. The molecule has 0 unspecified atom stereocenters. The Hall–Kier alpha value is -1.11. The van der Waals surface area contributed by atoms with E-state index in [1.807, 2.05) is 5.32 Å². The van der Waals surface area contributed by atoms with Crippen LogP contribution in [0.5, 0.6) is 0 Å². The van der Waals surface area contributed by atoms with Gasteiger partial charge < -0.3 is 10.4 Å². The second-order valence-electron chi connectivity index (χ2n) is 1.51.